The molecule has 1 amide bonds. The third-order valence-electron chi connectivity index (χ3n) is 3.17. The smallest absolute Gasteiger partial charge is 0.257 e. The zero-order valence-corrected chi connectivity index (χ0v) is 14.6. The number of ketones is 1. The molecule has 2 aromatic rings. The van der Waals surface area contributed by atoms with E-state index in [1.807, 2.05) is 0 Å². The Hall–Kier alpha value is -2.44. The van der Waals surface area contributed by atoms with Gasteiger partial charge in [0.2, 0.25) is 0 Å². The van der Waals surface area contributed by atoms with Crippen LogP contribution >= 0.6 is 23.8 Å². The van der Waals surface area contributed by atoms with Crippen LogP contribution in [-0.4, -0.2) is 23.9 Å². The second-order valence-electron chi connectivity index (χ2n) is 4.89. The van der Waals surface area contributed by atoms with Crippen molar-refractivity contribution in [2.75, 3.05) is 12.4 Å². The highest BCUT2D eigenvalue weighted by Crippen LogP contribution is 2.24. The maximum Gasteiger partial charge on any atom is 0.257 e. The van der Waals surface area contributed by atoms with Crippen LogP contribution in [0.1, 0.15) is 27.6 Å². The molecule has 0 saturated heterocycles. The van der Waals surface area contributed by atoms with Crippen LogP contribution in [-0.2, 0) is 0 Å². The van der Waals surface area contributed by atoms with Crippen molar-refractivity contribution in [2.45, 2.75) is 6.92 Å². The number of carbonyl (C=O) groups is 2. The number of amides is 1. The molecule has 0 bridgehead atoms. The number of anilines is 1. The summed E-state index contributed by atoms with van der Waals surface area (Å²) < 4.78 is 5.04. The van der Waals surface area contributed by atoms with Crippen LogP contribution in [0.4, 0.5) is 5.69 Å². The summed E-state index contributed by atoms with van der Waals surface area (Å²) in [5.74, 6) is 0.0243. The number of Topliss-reactive ketones (excluding diaryl/α,β-unsaturated/α-hetero) is 1. The molecule has 124 valence electrons. The second kappa shape index (κ2) is 7.90. The van der Waals surface area contributed by atoms with Crippen LogP contribution in [0.3, 0.4) is 0 Å². The third kappa shape index (κ3) is 4.53. The van der Waals surface area contributed by atoms with Crippen molar-refractivity contribution >= 4 is 46.3 Å². The molecule has 0 heterocycles. The summed E-state index contributed by atoms with van der Waals surface area (Å²) in [7, 11) is 1.50. The molecule has 0 spiro atoms. The first-order chi connectivity index (χ1) is 11.4. The number of halogens is 1. The average Bonchev–Trinajstić information content (AvgIpc) is 2.54. The fourth-order valence-corrected chi connectivity index (χ4v) is 2.43. The minimum absolute atomic E-state index is 0.0542. The first-order valence-electron chi connectivity index (χ1n) is 6.97. The molecule has 2 rings (SSSR count). The fraction of sp³-hybridized carbons (Fsp3) is 0.118. The van der Waals surface area contributed by atoms with E-state index in [0.29, 0.717) is 27.6 Å². The molecule has 2 N–H and O–H groups in total. The normalized spacial score (nSPS) is 9.96. The van der Waals surface area contributed by atoms with Crippen molar-refractivity contribution < 1.29 is 14.3 Å². The quantitative estimate of drug-likeness (QED) is 0.641. The Balaban J connectivity index is 2.04. The van der Waals surface area contributed by atoms with E-state index in [9.17, 15) is 9.59 Å². The van der Waals surface area contributed by atoms with Gasteiger partial charge in [-0.1, -0.05) is 23.7 Å². The fourth-order valence-electron chi connectivity index (χ4n) is 1.96. The molecular formula is C17H15ClN2O3S. The molecule has 2 aromatic carbocycles. The van der Waals surface area contributed by atoms with Crippen LogP contribution < -0.4 is 15.4 Å². The highest BCUT2D eigenvalue weighted by molar-refractivity contribution is 7.80. The van der Waals surface area contributed by atoms with E-state index in [-0.39, 0.29) is 10.9 Å². The van der Waals surface area contributed by atoms with Crippen LogP contribution in [0, 0.1) is 0 Å². The Morgan fingerprint density at radius 1 is 1.12 bits per heavy atom. The third-order valence-corrected chi connectivity index (χ3v) is 3.67. The molecule has 5 nitrogen and oxygen atoms in total. The Morgan fingerprint density at radius 3 is 2.50 bits per heavy atom. The van der Waals surface area contributed by atoms with Gasteiger partial charge in [0.15, 0.2) is 10.9 Å². The maximum atomic E-state index is 12.2. The largest absolute Gasteiger partial charge is 0.495 e. The number of hydrogen-bond acceptors (Lipinski definition) is 4. The van der Waals surface area contributed by atoms with Crippen LogP contribution in [0.15, 0.2) is 42.5 Å². The van der Waals surface area contributed by atoms with Crippen LogP contribution in [0.25, 0.3) is 0 Å². The van der Waals surface area contributed by atoms with Gasteiger partial charge in [-0.25, -0.2) is 0 Å². The molecule has 0 aromatic heterocycles. The molecule has 0 saturated carbocycles. The van der Waals surface area contributed by atoms with Gasteiger partial charge in [-0.3, -0.25) is 14.9 Å². The van der Waals surface area contributed by atoms with Gasteiger partial charge in [-0.05, 0) is 49.5 Å². The van der Waals surface area contributed by atoms with Crippen molar-refractivity contribution in [3.05, 3.63) is 58.6 Å². The zero-order valence-electron chi connectivity index (χ0n) is 13.1. The number of thiocarbonyl (C=S) groups is 1. The van der Waals surface area contributed by atoms with Crippen molar-refractivity contribution in [3.8, 4) is 5.75 Å². The second-order valence-corrected chi connectivity index (χ2v) is 5.71. The first kappa shape index (κ1) is 17.9. The summed E-state index contributed by atoms with van der Waals surface area (Å²) in [4.78, 5) is 23.6. The van der Waals surface area contributed by atoms with Crippen LogP contribution in [0.5, 0.6) is 5.75 Å². The van der Waals surface area contributed by atoms with Gasteiger partial charge < -0.3 is 10.1 Å². The molecule has 0 atom stereocenters. The number of methoxy groups -OCH3 is 1. The van der Waals surface area contributed by atoms with E-state index in [4.69, 9.17) is 28.6 Å². The Bertz CT molecular complexity index is 808. The van der Waals surface area contributed by atoms with Gasteiger partial charge in [0, 0.05) is 16.8 Å². The van der Waals surface area contributed by atoms with Gasteiger partial charge in [-0.2, -0.15) is 0 Å². The Labute approximate surface area is 150 Å². The zero-order chi connectivity index (χ0) is 17.7. The molecule has 0 aliphatic carbocycles. The Morgan fingerprint density at radius 2 is 1.88 bits per heavy atom. The molecule has 0 fully saturated rings. The summed E-state index contributed by atoms with van der Waals surface area (Å²) in [6.45, 7) is 1.48. The van der Waals surface area contributed by atoms with Crippen molar-refractivity contribution in [1.29, 1.82) is 0 Å². The molecule has 7 heteroatoms. The lowest BCUT2D eigenvalue weighted by molar-refractivity contribution is 0.0975. The van der Waals surface area contributed by atoms with Gasteiger partial charge >= 0.3 is 0 Å². The number of benzene rings is 2. The summed E-state index contributed by atoms with van der Waals surface area (Å²) >= 11 is 11.1. The maximum absolute atomic E-state index is 12.2. The highest BCUT2D eigenvalue weighted by atomic mass is 35.5. The number of carbonyl (C=O) groups excluding carboxylic acids is 2. The van der Waals surface area contributed by atoms with E-state index < -0.39 is 5.91 Å². The minimum Gasteiger partial charge on any atom is -0.495 e. The van der Waals surface area contributed by atoms with E-state index >= 15 is 0 Å². The average molecular weight is 363 g/mol. The summed E-state index contributed by atoms with van der Waals surface area (Å²) in [5, 5.41) is 5.87. The number of rotatable bonds is 4. The molecular weight excluding hydrogens is 348 g/mol. The van der Waals surface area contributed by atoms with E-state index in [1.165, 1.54) is 20.1 Å². The monoisotopic (exact) mass is 362 g/mol. The van der Waals surface area contributed by atoms with Crippen molar-refractivity contribution in [3.63, 3.8) is 0 Å². The van der Waals surface area contributed by atoms with E-state index in [1.54, 1.807) is 36.4 Å². The summed E-state index contributed by atoms with van der Waals surface area (Å²) in [6, 6.07) is 11.5. The lowest BCUT2D eigenvalue weighted by atomic mass is 10.1. The molecule has 24 heavy (non-hydrogen) atoms. The molecule has 0 aliphatic heterocycles. The van der Waals surface area contributed by atoms with E-state index in [2.05, 4.69) is 10.6 Å². The predicted molar refractivity (Wildman–Crippen MR) is 98.1 cm³/mol. The van der Waals surface area contributed by atoms with Gasteiger partial charge in [-0.15, -0.1) is 0 Å². The number of ether oxygens (including phenoxy) is 1. The summed E-state index contributed by atoms with van der Waals surface area (Å²) in [5.41, 5.74) is 1.51. The van der Waals surface area contributed by atoms with Gasteiger partial charge in [0.1, 0.15) is 5.75 Å². The Kier molecular flexibility index (Phi) is 5.89. The first-order valence-corrected chi connectivity index (χ1v) is 7.76. The molecule has 0 aliphatic rings. The van der Waals surface area contributed by atoms with Crippen molar-refractivity contribution in [1.82, 2.24) is 5.32 Å². The predicted octanol–water partition coefficient (Wildman–Crippen LogP) is 3.68. The van der Waals surface area contributed by atoms with Crippen molar-refractivity contribution in [2.24, 2.45) is 0 Å². The minimum atomic E-state index is -0.403. The lowest BCUT2D eigenvalue weighted by Gasteiger charge is -2.11. The van der Waals surface area contributed by atoms with Gasteiger partial charge in [0.25, 0.3) is 5.91 Å². The highest BCUT2D eigenvalue weighted by Gasteiger charge is 2.11. The lowest BCUT2D eigenvalue weighted by Crippen LogP contribution is -2.34. The summed E-state index contributed by atoms with van der Waals surface area (Å²) in [6.07, 6.45) is 0. The van der Waals surface area contributed by atoms with Gasteiger partial charge in [0.05, 0.1) is 12.1 Å². The standard InChI is InChI=1S/C17H15ClN2O3S/c1-10(21)11-4-3-5-13(8-11)19-17(24)20-16(22)12-6-7-15(23-2)14(18)9-12/h3-9H,1-2H3,(H2,19,20,22,24). The van der Waals surface area contributed by atoms with Crippen LogP contribution in [0.2, 0.25) is 5.02 Å². The SMILES string of the molecule is COc1ccc(C(=O)NC(=S)Nc2cccc(C(C)=O)c2)cc1Cl. The molecule has 0 radical (unpaired) electrons. The molecule has 0 unspecified atom stereocenters. The topological polar surface area (TPSA) is 67.4 Å². The number of hydrogen-bond donors (Lipinski definition) is 2. The van der Waals surface area contributed by atoms with E-state index in [0.717, 1.165) is 0 Å². The number of nitrogens with one attached hydrogen (secondary N) is 2.